The molecule has 1 amide bonds. The van der Waals surface area contributed by atoms with Crippen LogP contribution in [0.3, 0.4) is 0 Å². The number of ketones is 1. The molecule has 0 heterocycles. The van der Waals surface area contributed by atoms with Crippen molar-refractivity contribution in [1.82, 2.24) is 5.32 Å². The van der Waals surface area contributed by atoms with Crippen molar-refractivity contribution >= 4 is 11.7 Å². The lowest BCUT2D eigenvalue weighted by Gasteiger charge is -2.04. The van der Waals surface area contributed by atoms with Gasteiger partial charge in [-0.1, -0.05) is 37.6 Å². The van der Waals surface area contributed by atoms with Crippen molar-refractivity contribution in [3.05, 3.63) is 35.4 Å². The molecule has 0 aromatic heterocycles. The van der Waals surface area contributed by atoms with Crippen molar-refractivity contribution in [1.29, 1.82) is 0 Å². The Labute approximate surface area is 108 Å². The van der Waals surface area contributed by atoms with Crippen LogP contribution in [0.25, 0.3) is 0 Å². The SMILES string of the molecule is CCCCc1ccc(C(=O)C(=O)NC2CC2)cc1. The number of nitrogens with one attached hydrogen (secondary N) is 1. The van der Waals surface area contributed by atoms with Gasteiger partial charge in [0.05, 0.1) is 0 Å². The Bertz CT molecular complexity index is 432. The average molecular weight is 245 g/mol. The van der Waals surface area contributed by atoms with E-state index in [-0.39, 0.29) is 6.04 Å². The Morgan fingerprint density at radius 1 is 1.22 bits per heavy atom. The minimum absolute atomic E-state index is 0.227. The fraction of sp³-hybridized carbons (Fsp3) is 0.467. The highest BCUT2D eigenvalue weighted by Crippen LogP contribution is 2.18. The Balaban J connectivity index is 1.94. The Kier molecular flexibility index (Phi) is 4.13. The molecule has 1 aromatic carbocycles. The molecule has 1 aliphatic carbocycles. The third-order valence-corrected chi connectivity index (χ3v) is 3.15. The van der Waals surface area contributed by atoms with Crippen molar-refractivity contribution in [2.24, 2.45) is 0 Å². The van der Waals surface area contributed by atoms with Gasteiger partial charge < -0.3 is 5.32 Å². The molecule has 0 radical (unpaired) electrons. The molecule has 1 N–H and O–H groups in total. The van der Waals surface area contributed by atoms with Crippen LogP contribution in [-0.4, -0.2) is 17.7 Å². The van der Waals surface area contributed by atoms with Crippen LogP contribution >= 0.6 is 0 Å². The predicted octanol–water partition coefficient (Wildman–Crippen LogP) is 2.49. The van der Waals surface area contributed by atoms with Crippen LogP contribution in [0, 0.1) is 0 Å². The smallest absolute Gasteiger partial charge is 0.292 e. The van der Waals surface area contributed by atoms with Gasteiger partial charge in [0.15, 0.2) is 0 Å². The zero-order valence-electron chi connectivity index (χ0n) is 10.7. The molecule has 0 unspecified atom stereocenters. The van der Waals surface area contributed by atoms with Crippen molar-refractivity contribution in [3.8, 4) is 0 Å². The third kappa shape index (κ3) is 3.42. The number of rotatable bonds is 6. The molecule has 1 fully saturated rings. The molecule has 0 spiro atoms. The van der Waals surface area contributed by atoms with Crippen LogP contribution in [0.4, 0.5) is 0 Å². The summed E-state index contributed by atoms with van der Waals surface area (Å²) in [5.74, 6) is -0.900. The summed E-state index contributed by atoms with van der Waals surface area (Å²) in [5, 5.41) is 2.71. The summed E-state index contributed by atoms with van der Waals surface area (Å²) < 4.78 is 0. The second-order valence-corrected chi connectivity index (χ2v) is 4.88. The van der Waals surface area contributed by atoms with E-state index >= 15 is 0 Å². The van der Waals surface area contributed by atoms with Gasteiger partial charge in [0.1, 0.15) is 0 Å². The van der Waals surface area contributed by atoms with Crippen LogP contribution in [0.15, 0.2) is 24.3 Å². The van der Waals surface area contributed by atoms with Gasteiger partial charge in [-0.2, -0.15) is 0 Å². The standard InChI is InChI=1S/C15H19NO2/c1-2-3-4-11-5-7-12(8-6-11)14(17)15(18)16-13-9-10-13/h5-8,13H,2-4,9-10H2,1H3,(H,16,18). The molecule has 1 saturated carbocycles. The highest BCUT2D eigenvalue weighted by atomic mass is 16.2. The second-order valence-electron chi connectivity index (χ2n) is 4.88. The number of carbonyl (C=O) groups excluding carboxylic acids is 2. The summed E-state index contributed by atoms with van der Waals surface area (Å²) in [4.78, 5) is 23.4. The Hall–Kier alpha value is -1.64. The molecule has 0 aliphatic heterocycles. The van der Waals surface area contributed by atoms with Crippen molar-refractivity contribution in [2.45, 2.75) is 45.1 Å². The molecule has 1 aliphatic rings. The number of hydrogen-bond acceptors (Lipinski definition) is 2. The van der Waals surface area contributed by atoms with Gasteiger partial charge in [-0.25, -0.2) is 0 Å². The number of hydrogen-bond donors (Lipinski definition) is 1. The number of amides is 1. The minimum atomic E-state index is -0.473. The Morgan fingerprint density at radius 3 is 2.44 bits per heavy atom. The lowest BCUT2D eigenvalue weighted by molar-refractivity contribution is -0.117. The predicted molar refractivity (Wildman–Crippen MR) is 70.5 cm³/mol. The van der Waals surface area contributed by atoms with E-state index in [1.807, 2.05) is 12.1 Å². The summed E-state index contributed by atoms with van der Waals surface area (Å²) in [6.45, 7) is 2.15. The van der Waals surface area contributed by atoms with E-state index in [2.05, 4.69) is 12.2 Å². The van der Waals surface area contributed by atoms with E-state index in [1.165, 1.54) is 5.56 Å². The molecule has 0 atom stereocenters. The van der Waals surface area contributed by atoms with Crippen LogP contribution in [0.2, 0.25) is 0 Å². The first-order valence-corrected chi connectivity index (χ1v) is 6.65. The molecule has 0 bridgehead atoms. The van der Waals surface area contributed by atoms with Crippen molar-refractivity contribution in [3.63, 3.8) is 0 Å². The fourth-order valence-corrected chi connectivity index (χ4v) is 1.81. The van der Waals surface area contributed by atoms with Gasteiger partial charge in [-0.05, 0) is 31.2 Å². The molecule has 2 rings (SSSR count). The number of aryl methyl sites for hydroxylation is 1. The molecular formula is C15H19NO2. The van der Waals surface area contributed by atoms with Crippen LogP contribution < -0.4 is 5.32 Å². The van der Waals surface area contributed by atoms with Gasteiger partial charge in [-0.3, -0.25) is 9.59 Å². The number of unbranched alkanes of at least 4 members (excludes halogenated alkanes) is 1. The fourth-order valence-electron chi connectivity index (χ4n) is 1.81. The highest BCUT2D eigenvalue weighted by molar-refractivity contribution is 6.42. The molecule has 3 nitrogen and oxygen atoms in total. The van der Waals surface area contributed by atoms with Gasteiger partial charge in [-0.15, -0.1) is 0 Å². The van der Waals surface area contributed by atoms with Gasteiger partial charge in [0, 0.05) is 11.6 Å². The molecule has 1 aromatic rings. The van der Waals surface area contributed by atoms with Crippen molar-refractivity contribution in [2.75, 3.05) is 0 Å². The minimum Gasteiger partial charge on any atom is -0.346 e. The monoisotopic (exact) mass is 245 g/mol. The molecule has 18 heavy (non-hydrogen) atoms. The van der Waals surface area contributed by atoms with E-state index in [9.17, 15) is 9.59 Å². The maximum absolute atomic E-state index is 11.8. The van der Waals surface area contributed by atoms with Gasteiger partial charge in [0.2, 0.25) is 5.78 Å². The first-order chi connectivity index (χ1) is 8.70. The average Bonchev–Trinajstić information content (AvgIpc) is 3.20. The highest BCUT2D eigenvalue weighted by Gasteiger charge is 2.26. The Morgan fingerprint density at radius 2 is 1.89 bits per heavy atom. The zero-order chi connectivity index (χ0) is 13.0. The summed E-state index contributed by atoms with van der Waals surface area (Å²) in [7, 11) is 0. The largest absolute Gasteiger partial charge is 0.346 e. The van der Waals surface area contributed by atoms with E-state index in [1.54, 1.807) is 12.1 Å². The van der Waals surface area contributed by atoms with E-state index in [4.69, 9.17) is 0 Å². The van der Waals surface area contributed by atoms with E-state index in [0.717, 1.165) is 32.1 Å². The lowest BCUT2D eigenvalue weighted by Crippen LogP contribution is -2.32. The molecule has 96 valence electrons. The maximum atomic E-state index is 11.8. The van der Waals surface area contributed by atoms with Crippen molar-refractivity contribution < 1.29 is 9.59 Å². The number of Topliss-reactive ketones (excluding diaryl/α,β-unsaturated/α-hetero) is 1. The zero-order valence-corrected chi connectivity index (χ0v) is 10.7. The summed E-state index contributed by atoms with van der Waals surface area (Å²) in [5.41, 5.74) is 1.70. The third-order valence-electron chi connectivity index (χ3n) is 3.15. The maximum Gasteiger partial charge on any atom is 0.292 e. The molecule has 0 saturated heterocycles. The van der Waals surface area contributed by atoms with Crippen LogP contribution in [0.5, 0.6) is 0 Å². The number of carbonyl (C=O) groups is 2. The first-order valence-electron chi connectivity index (χ1n) is 6.65. The van der Waals surface area contributed by atoms with Gasteiger partial charge >= 0.3 is 0 Å². The number of benzene rings is 1. The normalized spacial score (nSPS) is 14.3. The first kappa shape index (κ1) is 12.8. The quantitative estimate of drug-likeness (QED) is 0.618. The summed E-state index contributed by atoms with van der Waals surface area (Å²) in [6.07, 6.45) is 5.32. The van der Waals surface area contributed by atoms with Crippen LogP contribution in [-0.2, 0) is 11.2 Å². The van der Waals surface area contributed by atoms with E-state index in [0.29, 0.717) is 5.56 Å². The topological polar surface area (TPSA) is 46.2 Å². The molecule has 3 heteroatoms. The van der Waals surface area contributed by atoms with Gasteiger partial charge in [0.25, 0.3) is 5.91 Å². The lowest BCUT2D eigenvalue weighted by atomic mass is 10.0. The summed E-state index contributed by atoms with van der Waals surface area (Å²) in [6, 6.07) is 7.60. The summed E-state index contributed by atoms with van der Waals surface area (Å²) >= 11 is 0. The molecular weight excluding hydrogens is 226 g/mol. The second kappa shape index (κ2) is 5.80. The van der Waals surface area contributed by atoms with E-state index < -0.39 is 11.7 Å². The van der Waals surface area contributed by atoms with Crippen LogP contribution in [0.1, 0.15) is 48.5 Å².